The Labute approximate surface area is 307 Å². The molecule has 0 aliphatic carbocycles. The van der Waals surface area contributed by atoms with Gasteiger partial charge in [0.25, 0.3) is 5.91 Å². The van der Waals surface area contributed by atoms with Crippen LogP contribution in [0.1, 0.15) is 79.3 Å². The van der Waals surface area contributed by atoms with Gasteiger partial charge in [-0.25, -0.2) is 19.7 Å². The van der Waals surface area contributed by atoms with Gasteiger partial charge in [-0.2, -0.15) is 0 Å². The van der Waals surface area contributed by atoms with E-state index in [0.29, 0.717) is 44.2 Å². The molecule has 4 N–H and O–H groups in total. The topological polar surface area (TPSA) is 172 Å². The number of rotatable bonds is 7. The Morgan fingerprint density at radius 1 is 0.811 bits per heavy atom. The highest BCUT2D eigenvalue weighted by molar-refractivity contribution is 5.91. The van der Waals surface area contributed by atoms with Crippen LogP contribution in [0.25, 0.3) is 33.6 Å². The normalized spacial score (nSPS) is 19.9. The van der Waals surface area contributed by atoms with E-state index in [4.69, 9.17) is 9.47 Å². The zero-order chi connectivity index (χ0) is 36.7. The molecule has 5 heterocycles. The summed E-state index contributed by atoms with van der Waals surface area (Å²) in [5, 5.41) is 5.73. The maximum Gasteiger partial charge on any atom is 0.407 e. The summed E-state index contributed by atoms with van der Waals surface area (Å²) >= 11 is 0. The summed E-state index contributed by atoms with van der Waals surface area (Å²) in [5.41, 5.74) is 5.81. The van der Waals surface area contributed by atoms with Crippen molar-refractivity contribution in [1.82, 2.24) is 45.0 Å². The molecule has 14 heteroatoms. The number of aromatic nitrogens is 6. The number of benzene rings is 2. The van der Waals surface area contributed by atoms with Crippen LogP contribution in [0.15, 0.2) is 73.3 Å². The number of H-pyrrole nitrogens is 2. The summed E-state index contributed by atoms with van der Waals surface area (Å²) in [6, 6.07) is 15.3. The summed E-state index contributed by atoms with van der Waals surface area (Å²) in [5.74, 6) is 1.46. The maximum absolute atomic E-state index is 13.3. The fourth-order valence-electron chi connectivity index (χ4n) is 7.04. The van der Waals surface area contributed by atoms with E-state index in [1.807, 2.05) is 30.3 Å². The minimum Gasteiger partial charge on any atom is -0.453 e. The quantitative estimate of drug-likeness (QED) is 0.166. The second-order valence-electron chi connectivity index (χ2n) is 13.5. The Hall–Kier alpha value is -5.76. The van der Waals surface area contributed by atoms with E-state index in [1.54, 1.807) is 23.2 Å². The number of carbonyl (C=O) groups is 3. The number of carbonyl (C=O) groups excluding carboxylic acids is 3. The second-order valence-corrected chi connectivity index (χ2v) is 13.5. The Morgan fingerprint density at radius 2 is 1.47 bits per heavy atom. The summed E-state index contributed by atoms with van der Waals surface area (Å²) in [6.07, 6.45) is 11.8. The largest absolute Gasteiger partial charge is 0.453 e. The van der Waals surface area contributed by atoms with Gasteiger partial charge < -0.3 is 39.5 Å². The molecule has 5 aromatic rings. The lowest BCUT2D eigenvalue weighted by atomic mass is 10.0. The molecule has 53 heavy (non-hydrogen) atoms. The third-order valence-electron chi connectivity index (χ3n) is 10.0. The fraction of sp³-hybridized carbons (Fsp3) is 0.385. The third-order valence-corrected chi connectivity index (χ3v) is 10.0. The lowest BCUT2D eigenvalue weighted by Crippen LogP contribution is -2.48. The lowest BCUT2D eigenvalue weighted by molar-refractivity contribution is -0.124. The molecule has 0 saturated carbocycles. The van der Waals surface area contributed by atoms with Crippen molar-refractivity contribution in [3.05, 3.63) is 90.8 Å². The van der Waals surface area contributed by atoms with Crippen LogP contribution in [0.2, 0.25) is 0 Å². The lowest BCUT2D eigenvalue weighted by Gasteiger charge is -2.23. The number of aryl methyl sites for hydroxylation is 1. The Morgan fingerprint density at radius 3 is 2.13 bits per heavy atom. The fourth-order valence-corrected chi connectivity index (χ4v) is 7.04. The van der Waals surface area contributed by atoms with Crippen LogP contribution in [0.3, 0.4) is 0 Å². The first-order valence-corrected chi connectivity index (χ1v) is 18.2. The highest BCUT2D eigenvalue weighted by Gasteiger charge is 2.34. The van der Waals surface area contributed by atoms with Crippen molar-refractivity contribution in [2.75, 3.05) is 26.9 Å². The number of ether oxygens (including phenoxy) is 2. The van der Waals surface area contributed by atoms with Crippen molar-refractivity contribution < 1.29 is 23.9 Å². The standard InChI is InChI=1S/C39H45N9O5/c1-47-20-18-40-36(47)38(50)48-19-6-8-33(48)35-42-24-32(44-35)28-15-11-26(12-16-28)25-9-13-27(14-10-25)31-23-41-34(43-31)29-17-22-53-21-5-3-4-7-30(37(49)45-29)46-39(51)52-2/h9-16,18,20,23-24,29-30,33H,3-8,17,19,21-22H2,1-2H3,(H,41,43)(H,42,44)(H,45,49)(H,46,51)/t29-,30-,33-/m0/s1. The van der Waals surface area contributed by atoms with E-state index in [1.165, 1.54) is 7.11 Å². The molecule has 14 nitrogen and oxygen atoms in total. The molecular formula is C39H45N9O5. The van der Waals surface area contributed by atoms with Gasteiger partial charge in [0.1, 0.15) is 17.7 Å². The van der Waals surface area contributed by atoms with Crippen LogP contribution in [0, 0.1) is 0 Å². The van der Waals surface area contributed by atoms with Crippen LogP contribution in [-0.2, 0) is 21.3 Å². The summed E-state index contributed by atoms with van der Waals surface area (Å²) in [6.45, 7) is 1.79. The van der Waals surface area contributed by atoms with Crippen LogP contribution in [0.4, 0.5) is 4.79 Å². The molecule has 0 unspecified atom stereocenters. The molecule has 3 aromatic heterocycles. The predicted molar refractivity (Wildman–Crippen MR) is 197 cm³/mol. The molecule has 0 bridgehead atoms. The summed E-state index contributed by atoms with van der Waals surface area (Å²) < 4.78 is 12.3. The van der Waals surface area contributed by atoms with Crippen LogP contribution >= 0.6 is 0 Å². The first-order valence-electron chi connectivity index (χ1n) is 18.2. The Kier molecular flexibility index (Phi) is 10.9. The zero-order valence-corrected chi connectivity index (χ0v) is 30.0. The number of hydrogen-bond donors (Lipinski definition) is 4. The number of alkyl carbamates (subject to hydrolysis) is 1. The molecule has 276 valence electrons. The van der Waals surface area contributed by atoms with Gasteiger partial charge in [-0.1, -0.05) is 61.4 Å². The molecule has 7 rings (SSSR count). The van der Waals surface area contributed by atoms with Gasteiger partial charge >= 0.3 is 6.09 Å². The zero-order valence-electron chi connectivity index (χ0n) is 30.0. The molecule has 2 aliphatic rings. The smallest absolute Gasteiger partial charge is 0.407 e. The SMILES string of the molecule is COC(=O)N[C@H]1CCCCCOCC[C@@H](c2ncc(-c3ccc(-c4ccc(-c5cnc([C@@H]6CCCN6C(=O)c6nccn6C)[nH]5)cc4)cc3)[nH]2)NC1=O. The van der Waals surface area contributed by atoms with Gasteiger partial charge in [0.2, 0.25) is 5.91 Å². The van der Waals surface area contributed by atoms with Crippen molar-refractivity contribution >= 4 is 17.9 Å². The molecule has 3 amide bonds. The van der Waals surface area contributed by atoms with Gasteiger partial charge in [0, 0.05) is 39.2 Å². The number of imidazole rings is 3. The van der Waals surface area contributed by atoms with Crippen molar-refractivity contribution in [1.29, 1.82) is 0 Å². The Bertz CT molecular complexity index is 2020. The average molecular weight is 720 g/mol. The van der Waals surface area contributed by atoms with Gasteiger partial charge in [0.05, 0.1) is 43.0 Å². The minimum atomic E-state index is -0.698. The van der Waals surface area contributed by atoms with Crippen LogP contribution in [-0.4, -0.2) is 85.2 Å². The number of likely N-dealkylation sites (tertiary alicyclic amines) is 1. The number of nitrogens with zero attached hydrogens (tertiary/aromatic N) is 5. The van der Waals surface area contributed by atoms with Crippen molar-refractivity contribution in [3.63, 3.8) is 0 Å². The number of methoxy groups -OCH3 is 1. The number of aromatic amines is 2. The van der Waals surface area contributed by atoms with E-state index in [-0.39, 0.29) is 17.9 Å². The molecule has 2 fully saturated rings. The molecule has 2 saturated heterocycles. The maximum atomic E-state index is 13.3. The second kappa shape index (κ2) is 16.3. The number of hydrogen-bond acceptors (Lipinski definition) is 8. The van der Waals surface area contributed by atoms with Crippen LogP contribution in [0.5, 0.6) is 0 Å². The van der Waals surface area contributed by atoms with E-state index in [0.717, 1.165) is 71.6 Å². The average Bonchev–Trinajstić information content (AvgIpc) is 4.01. The van der Waals surface area contributed by atoms with Gasteiger partial charge in [-0.15, -0.1) is 0 Å². The van der Waals surface area contributed by atoms with Gasteiger partial charge in [-0.05, 0) is 54.4 Å². The molecule has 0 radical (unpaired) electrons. The van der Waals surface area contributed by atoms with E-state index in [2.05, 4.69) is 72.0 Å². The molecular weight excluding hydrogens is 674 g/mol. The van der Waals surface area contributed by atoms with E-state index >= 15 is 0 Å². The highest BCUT2D eigenvalue weighted by atomic mass is 16.5. The molecule has 3 atom stereocenters. The molecule has 2 aromatic carbocycles. The number of nitrogens with one attached hydrogen (secondary N) is 4. The number of amides is 3. The van der Waals surface area contributed by atoms with Crippen molar-refractivity contribution in [2.45, 2.75) is 63.1 Å². The van der Waals surface area contributed by atoms with Crippen molar-refractivity contribution in [3.8, 4) is 33.6 Å². The first-order chi connectivity index (χ1) is 25.9. The van der Waals surface area contributed by atoms with E-state index < -0.39 is 18.2 Å². The van der Waals surface area contributed by atoms with Gasteiger partial charge in [-0.3, -0.25) is 9.59 Å². The third kappa shape index (κ3) is 8.17. The van der Waals surface area contributed by atoms with Gasteiger partial charge in [0.15, 0.2) is 5.82 Å². The minimum absolute atomic E-state index is 0.0826. The predicted octanol–water partition coefficient (Wildman–Crippen LogP) is 5.71. The first kappa shape index (κ1) is 35.6. The summed E-state index contributed by atoms with van der Waals surface area (Å²) in [4.78, 5) is 60.7. The Balaban J connectivity index is 1.01. The summed E-state index contributed by atoms with van der Waals surface area (Å²) in [7, 11) is 3.12. The molecule has 2 aliphatic heterocycles. The molecule has 0 spiro atoms. The van der Waals surface area contributed by atoms with Crippen LogP contribution < -0.4 is 10.6 Å². The monoisotopic (exact) mass is 719 g/mol. The van der Waals surface area contributed by atoms with Crippen molar-refractivity contribution in [2.24, 2.45) is 7.05 Å². The highest BCUT2D eigenvalue weighted by Crippen LogP contribution is 2.33. The van der Waals surface area contributed by atoms with E-state index in [9.17, 15) is 14.4 Å².